The third kappa shape index (κ3) is 2.75. The van der Waals surface area contributed by atoms with Gasteiger partial charge in [0.1, 0.15) is 17.8 Å². The first-order valence-electron chi connectivity index (χ1n) is 5.20. The van der Waals surface area contributed by atoms with E-state index in [1.54, 1.807) is 14.2 Å². The van der Waals surface area contributed by atoms with Gasteiger partial charge in [-0.25, -0.2) is 0 Å². The standard InChI is InChI=1S/C13H18O3/c1-13(2,5-6-14)10-7-11(15-3)9-12(8-10)16-4/h6-9H,5H2,1-4H3. The Morgan fingerprint density at radius 1 is 1.12 bits per heavy atom. The molecule has 88 valence electrons. The molecule has 3 heteroatoms. The number of rotatable bonds is 5. The zero-order chi connectivity index (χ0) is 12.2. The molecule has 0 spiro atoms. The summed E-state index contributed by atoms with van der Waals surface area (Å²) in [6.07, 6.45) is 1.41. The van der Waals surface area contributed by atoms with Gasteiger partial charge in [0.15, 0.2) is 0 Å². The predicted molar refractivity (Wildman–Crippen MR) is 63.3 cm³/mol. The minimum atomic E-state index is -0.205. The number of benzene rings is 1. The van der Waals surface area contributed by atoms with Gasteiger partial charge in [0, 0.05) is 12.5 Å². The van der Waals surface area contributed by atoms with E-state index in [4.69, 9.17) is 9.47 Å². The Morgan fingerprint density at radius 3 is 2.00 bits per heavy atom. The molecule has 16 heavy (non-hydrogen) atoms. The van der Waals surface area contributed by atoms with E-state index in [9.17, 15) is 4.79 Å². The van der Waals surface area contributed by atoms with Crippen LogP contribution in [0.15, 0.2) is 18.2 Å². The van der Waals surface area contributed by atoms with Crippen molar-refractivity contribution in [3.05, 3.63) is 23.8 Å². The molecule has 0 atom stereocenters. The van der Waals surface area contributed by atoms with Gasteiger partial charge in [0.2, 0.25) is 0 Å². The molecule has 0 aliphatic carbocycles. The van der Waals surface area contributed by atoms with Crippen LogP contribution in [0.3, 0.4) is 0 Å². The molecular weight excluding hydrogens is 204 g/mol. The number of aldehydes is 1. The van der Waals surface area contributed by atoms with Gasteiger partial charge >= 0.3 is 0 Å². The largest absolute Gasteiger partial charge is 0.497 e. The van der Waals surface area contributed by atoms with E-state index in [1.165, 1.54) is 0 Å². The Labute approximate surface area is 96.4 Å². The third-order valence-electron chi connectivity index (χ3n) is 2.73. The van der Waals surface area contributed by atoms with Gasteiger partial charge in [-0.1, -0.05) is 13.8 Å². The predicted octanol–water partition coefficient (Wildman–Crippen LogP) is 2.57. The first kappa shape index (κ1) is 12.6. The Hall–Kier alpha value is -1.51. The molecule has 0 radical (unpaired) electrons. The van der Waals surface area contributed by atoms with Crippen molar-refractivity contribution in [1.29, 1.82) is 0 Å². The van der Waals surface area contributed by atoms with Crippen LogP contribution in [0.4, 0.5) is 0 Å². The molecule has 0 bridgehead atoms. The summed E-state index contributed by atoms with van der Waals surface area (Å²) in [7, 11) is 3.23. The maximum absolute atomic E-state index is 10.6. The van der Waals surface area contributed by atoms with Crippen LogP contribution in [0.1, 0.15) is 25.8 Å². The van der Waals surface area contributed by atoms with E-state index < -0.39 is 0 Å². The molecule has 0 fully saturated rings. The van der Waals surface area contributed by atoms with Crippen molar-refractivity contribution < 1.29 is 14.3 Å². The molecule has 0 aliphatic heterocycles. The van der Waals surface area contributed by atoms with Crippen molar-refractivity contribution in [2.45, 2.75) is 25.7 Å². The zero-order valence-corrected chi connectivity index (χ0v) is 10.2. The van der Waals surface area contributed by atoms with Crippen molar-refractivity contribution in [2.75, 3.05) is 14.2 Å². The molecule has 1 aromatic rings. The van der Waals surface area contributed by atoms with E-state index in [-0.39, 0.29) is 5.41 Å². The second-order valence-corrected chi connectivity index (χ2v) is 4.36. The number of carbonyl (C=O) groups excluding carboxylic acids is 1. The van der Waals surface area contributed by atoms with Gasteiger partial charge in [-0.3, -0.25) is 0 Å². The Bertz CT molecular complexity index is 347. The summed E-state index contributed by atoms with van der Waals surface area (Å²) < 4.78 is 10.4. The van der Waals surface area contributed by atoms with Crippen LogP contribution in [0.5, 0.6) is 11.5 Å². The van der Waals surface area contributed by atoms with Crippen LogP contribution in [0.2, 0.25) is 0 Å². The van der Waals surface area contributed by atoms with Gasteiger partial charge in [-0.2, -0.15) is 0 Å². The molecule has 0 aliphatic rings. The fourth-order valence-corrected chi connectivity index (χ4v) is 1.52. The van der Waals surface area contributed by atoms with Gasteiger partial charge in [0.05, 0.1) is 14.2 Å². The van der Waals surface area contributed by atoms with Crippen molar-refractivity contribution >= 4 is 6.29 Å². The minimum Gasteiger partial charge on any atom is -0.497 e. The lowest BCUT2D eigenvalue weighted by atomic mass is 9.82. The topological polar surface area (TPSA) is 35.5 Å². The molecule has 3 nitrogen and oxygen atoms in total. The maximum atomic E-state index is 10.6. The van der Waals surface area contributed by atoms with Crippen LogP contribution in [0.25, 0.3) is 0 Å². The van der Waals surface area contributed by atoms with Crippen molar-refractivity contribution in [3.8, 4) is 11.5 Å². The van der Waals surface area contributed by atoms with Gasteiger partial charge in [-0.05, 0) is 23.1 Å². The Balaban J connectivity index is 3.16. The first-order valence-corrected chi connectivity index (χ1v) is 5.20. The molecule has 1 aromatic carbocycles. The first-order chi connectivity index (χ1) is 7.53. The number of hydrogen-bond donors (Lipinski definition) is 0. The molecule has 1 rings (SSSR count). The zero-order valence-electron chi connectivity index (χ0n) is 10.2. The van der Waals surface area contributed by atoms with E-state index in [1.807, 2.05) is 32.0 Å². The number of hydrogen-bond acceptors (Lipinski definition) is 3. The molecule has 0 saturated carbocycles. The fraction of sp³-hybridized carbons (Fsp3) is 0.462. The maximum Gasteiger partial charge on any atom is 0.122 e. The van der Waals surface area contributed by atoms with E-state index in [2.05, 4.69) is 0 Å². The van der Waals surface area contributed by atoms with Crippen LogP contribution < -0.4 is 9.47 Å². The van der Waals surface area contributed by atoms with Crippen LogP contribution >= 0.6 is 0 Å². The molecule has 0 amide bonds. The summed E-state index contributed by atoms with van der Waals surface area (Å²) in [5, 5.41) is 0. The lowest BCUT2D eigenvalue weighted by molar-refractivity contribution is -0.108. The van der Waals surface area contributed by atoms with Crippen molar-refractivity contribution in [1.82, 2.24) is 0 Å². The Morgan fingerprint density at radius 2 is 1.62 bits per heavy atom. The number of methoxy groups -OCH3 is 2. The fourth-order valence-electron chi connectivity index (χ4n) is 1.52. The average Bonchev–Trinajstić information content (AvgIpc) is 2.28. The summed E-state index contributed by atoms with van der Waals surface area (Å²) >= 11 is 0. The minimum absolute atomic E-state index is 0.205. The van der Waals surface area contributed by atoms with Crippen molar-refractivity contribution in [3.63, 3.8) is 0 Å². The summed E-state index contributed by atoms with van der Waals surface area (Å²) in [5.74, 6) is 1.49. The quantitative estimate of drug-likeness (QED) is 0.718. The summed E-state index contributed by atoms with van der Waals surface area (Å²) in [4.78, 5) is 10.6. The van der Waals surface area contributed by atoms with Crippen LogP contribution in [-0.2, 0) is 10.2 Å². The average molecular weight is 222 g/mol. The normalized spacial score (nSPS) is 11.0. The van der Waals surface area contributed by atoms with Gasteiger partial charge < -0.3 is 14.3 Å². The second kappa shape index (κ2) is 5.01. The van der Waals surface area contributed by atoms with Crippen LogP contribution in [0, 0.1) is 0 Å². The van der Waals surface area contributed by atoms with Crippen LogP contribution in [-0.4, -0.2) is 20.5 Å². The van der Waals surface area contributed by atoms with E-state index >= 15 is 0 Å². The second-order valence-electron chi connectivity index (χ2n) is 4.36. The van der Waals surface area contributed by atoms with Crippen molar-refractivity contribution in [2.24, 2.45) is 0 Å². The van der Waals surface area contributed by atoms with Gasteiger partial charge in [-0.15, -0.1) is 0 Å². The third-order valence-corrected chi connectivity index (χ3v) is 2.73. The summed E-state index contributed by atoms with van der Waals surface area (Å²) in [5.41, 5.74) is 0.833. The number of ether oxygens (including phenoxy) is 2. The SMILES string of the molecule is COc1cc(OC)cc(C(C)(C)CC=O)c1. The highest BCUT2D eigenvalue weighted by molar-refractivity contribution is 5.54. The highest BCUT2D eigenvalue weighted by atomic mass is 16.5. The molecule has 0 saturated heterocycles. The highest BCUT2D eigenvalue weighted by Gasteiger charge is 2.21. The van der Waals surface area contributed by atoms with E-state index in [0.717, 1.165) is 23.3 Å². The molecule has 0 unspecified atom stereocenters. The molecular formula is C13H18O3. The lowest BCUT2D eigenvalue weighted by Gasteiger charge is -2.23. The number of carbonyl (C=O) groups is 1. The van der Waals surface area contributed by atoms with E-state index in [0.29, 0.717) is 6.42 Å². The smallest absolute Gasteiger partial charge is 0.122 e. The Kier molecular flexibility index (Phi) is 3.93. The monoisotopic (exact) mass is 222 g/mol. The lowest BCUT2D eigenvalue weighted by Crippen LogP contribution is -2.17. The molecule has 0 aromatic heterocycles. The summed E-state index contributed by atoms with van der Waals surface area (Å²) in [6.45, 7) is 4.05. The highest BCUT2D eigenvalue weighted by Crippen LogP contribution is 2.32. The summed E-state index contributed by atoms with van der Waals surface area (Å²) in [6, 6.07) is 5.69. The molecule has 0 heterocycles. The van der Waals surface area contributed by atoms with Gasteiger partial charge in [0.25, 0.3) is 0 Å². The molecule has 0 N–H and O–H groups in total.